The first kappa shape index (κ1) is 19.9. The first-order valence-corrected chi connectivity index (χ1v) is 9.69. The highest BCUT2D eigenvalue weighted by Crippen LogP contribution is 2.63. The second-order valence-electron chi connectivity index (χ2n) is 7.77. The molecule has 2 aromatic rings. The van der Waals surface area contributed by atoms with Gasteiger partial charge in [-0.2, -0.15) is 0 Å². The minimum atomic E-state index is -0.447. The molecule has 2 aromatic carbocycles. The highest BCUT2D eigenvalue weighted by atomic mass is 16.5. The number of rotatable bonds is 7. The van der Waals surface area contributed by atoms with E-state index in [1.54, 1.807) is 7.05 Å². The molecular weight excluding hydrogens is 352 g/mol. The van der Waals surface area contributed by atoms with Crippen LogP contribution in [0.15, 0.2) is 60.7 Å². The van der Waals surface area contributed by atoms with Gasteiger partial charge in [-0.1, -0.05) is 74.5 Å². The zero-order valence-corrected chi connectivity index (χ0v) is 16.6. The lowest BCUT2D eigenvalue weighted by atomic mass is 9.86. The van der Waals surface area contributed by atoms with E-state index < -0.39 is 6.09 Å². The zero-order chi connectivity index (χ0) is 20.1. The van der Waals surface area contributed by atoms with Gasteiger partial charge in [0.1, 0.15) is 6.61 Å². The lowest BCUT2D eigenvalue weighted by molar-refractivity contribution is -0.124. The molecule has 5 heteroatoms. The molecule has 4 atom stereocenters. The average Bonchev–Trinajstić information content (AvgIpc) is 3.43. The minimum Gasteiger partial charge on any atom is -0.445 e. The van der Waals surface area contributed by atoms with E-state index in [2.05, 4.69) is 17.6 Å². The van der Waals surface area contributed by atoms with Crippen molar-refractivity contribution >= 4 is 12.0 Å². The van der Waals surface area contributed by atoms with Crippen molar-refractivity contribution in [1.29, 1.82) is 0 Å². The third-order valence-corrected chi connectivity index (χ3v) is 5.88. The molecule has 5 nitrogen and oxygen atoms in total. The lowest BCUT2D eigenvalue weighted by Crippen LogP contribution is -2.36. The van der Waals surface area contributed by atoms with Crippen LogP contribution in [-0.2, 0) is 16.1 Å². The summed E-state index contributed by atoms with van der Waals surface area (Å²) in [5, 5.41) is 5.79. The van der Waals surface area contributed by atoms with Gasteiger partial charge < -0.3 is 15.4 Å². The number of ether oxygens (including phenoxy) is 1. The Morgan fingerprint density at radius 2 is 1.71 bits per heavy atom. The van der Waals surface area contributed by atoms with E-state index in [1.165, 1.54) is 0 Å². The van der Waals surface area contributed by atoms with Crippen LogP contribution in [0.4, 0.5) is 4.79 Å². The number of carbonyl (C=O) groups is 2. The average molecular weight is 380 g/mol. The van der Waals surface area contributed by atoms with E-state index in [0.29, 0.717) is 0 Å². The van der Waals surface area contributed by atoms with E-state index in [4.69, 9.17) is 4.74 Å². The molecule has 0 aromatic heterocycles. The Kier molecular flexibility index (Phi) is 6.02. The van der Waals surface area contributed by atoms with E-state index in [9.17, 15) is 9.59 Å². The molecule has 1 aliphatic rings. The zero-order valence-electron chi connectivity index (χ0n) is 16.6. The third kappa shape index (κ3) is 4.35. The predicted molar refractivity (Wildman–Crippen MR) is 108 cm³/mol. The van der Waals surface area contributed by atoms with Crippen LogP contribution in [0.5, 0.6) is 0 Å². The molecule has 1 saturated carbocycles. The molecule has 2 amide bonds. The molecule has 0 aliphatic heterocycles. The number of benzene rings is 2. The van der Waals surface area contributed by atoms with Crippen molar-refractivity contribution in [2.45, 2.75) is 32.9 Å². The SMILES string of the molecule is CNC(=O)[C@H](C)[C@@H]1C[C@@]1(C)[C@@H](NC(=O)OCc1ccccc1)c1ccccc1. The summed E-state index contributed by atoms with van der Waals surface area (Å²) in [6.07, 6.45) is 0.428. The smallest absolute Gasteiger partial charge is 0.407 e. The fourth-order valence-corrected chi connectivity index (χ4v) is 4.06. The van der Waals surface area contributed by atoms with Crippen molar-refractivity contribution in [1.82, 2.24) is 10.6 Å². The molecule has 0 saturated heterocycles. The summed E-state index contributed by atoms with van der Waals surface area (Å²) in [5.41, 5.74) is 1.77. The van der Waals surface area contributed by atoms with Crippen molar-refractivity contribution in [3.63, 3.8) is 0 Å². The first-order chi connectivity index (χ1) is 13.5. The van der Waals surface area contributed by atoms with Crippen LogP contribution in [0.3, 0.4) is 0 Å². The predicted octanol–water partition coefficient (Wildman–Crippen LogP) is 4.06. The number of hydrogen-bond donors (Lipinski definition) is 2. The van der Waals surface area contributed by atoms with Gasteiger partial charge in [-0.05, 0) is 28.9 Å². The Bertz CT molecular complexity index is 809. The van der Waals surface area contributed by atoms with E-state index in [0.717, 1.165) is 17.5 Å². The highest BCUT2D eigenvalue weighted by Gasteiger charge is 2.59. The van der Waals surface area contributed by atoms with Gasteiger partial charge >= 0.3 is 6.09 Å². The molecule has 28 heavy (non-hydrogen) atoms. The molecule has 0 spiro atoms. The first-order valence-electron chi connectivity index (χ1n) is 9.69. The second kappa shape index (κ2) is 8.46. The van der Waals surface area contributed by atoms with Crippen LogP contribution in [0.1, 0.15) is 37.4 Å². The summed E-state index contributed by atoms with van der Waals surface area (Å²) in [5.74, 6) is 0.127. The third-order valence-electron chi connectivity index (χ3n) is 5.88. The van der Waals surface area contributed by atoms with Gasteiger partial charge in [-0.3, -0.25) is 4.79 Å². The molecule has 0 unspecified atom stereocenters. The number of nitrogens with one attached hydrogen (secondary N) is 2. The van der Waals surface area contributed by atoms with Gasteiger partial charge in [0.05, 0.1) is 6.04 Å². The maximum atomic E-state index is 12.5. The Morgan fingerprint density at radius 3 is 2.32 bits per heavy atom. The van der Waals surface area contributed by atoms with Crippen LogP contribution in [0, 0.1) is 17.3 Å². The normalized spacial score (nSPS) is 22.6. The van der Waals surface area contributed by atoms with Crippen LogP contribution in [-0.4, -0.2) is 19.0 Å². The Hall–Kier alpha value is -2.82. The minimum absolute atomic E-state index is 0.0344. The molecule has 3 rings (SSSR count). The molecule has 0 bridgehead atoms. The summed E-state index contributed by atoms with van der Waals surface area (Å²) in [4.78, 5) is 24.6. The Balaban J connectivity index is 1.72. The number of hydrogen-bond acceptors (Lipinski definition) is 3. The van der Waals surface area contributed by atoms with Crippen LogP contribution in [0.25, 0.3) is 0 Å². The highest BCUT2D eigenvalue weighted by molar-refractivity contribution is 5.79. The largest absolute Gasteiger partial charge is 0.445 e. The monoisotopic (exact) mass is 380 g/mol. The van der Waals surface area contributed by atoms with Crippen molar-refractivity contribution in [2.75, 3.05) is 7.05 Å². The Labute approximate surface area is 166 Å². The van der Waals surface area contributed by atoms with Gasteiger partial charge in [0.15, 0.2) is 0 Å². The van der Waals surface area contributed by atoms with Crippen molar-refractivity contribution in [3.8, 4) is 0 Å². The van der Waals surface area contributed by atoms with Gasteiger partial charge in [0.25, 0.3) is 0 Å². The molecule has 1 aliphatic carbocycles. The van der Waals surface area contributed by atoms with Crippen molar-refractivity contribution in [2.24, 2.45) is 17.3 Å². The molecule has 2 N–H and O–H groups in total. The molecule has 0 heterocycles. The quantitative estimate of drug-likeness (QED) is 0.761. The van der Waals surface area contributed by atoms with E-state index >= 15 is 0 Å². The maximum Gasteiger partial charge on any atom is 0.407 e. The molecule has 0 radical (unpaired) electrons. The molecule has 1 fully saturated rings. The van der Waals surface area contributed by atoms with Gasteiger partial charge in [-0.25, -0.2) is 4.79 Å². The summed E-state index contributed by atoms with van der Waals surface area (Å²) in [7, 11) is 1.66. The summed E-state index contributed by atoms with van der Waals surface area (Å²) in [6, 6.07) is 19.3. The van der Waals surface area contributed by atoms with Crippen LogP contribution < -0.4 is 10.6 Å². The van der Waals surface area contributed by atoms with Gasteiger partial charge in [0, 0.05) is 13.0 Å². The molecule has 148 valence electrons. The maximum absolute atomic E-state index is 12.5. The summed E-state index contributed by atoms with van der Waals surface area (Å²) in [6.45, 7) is 4.31. The van der Waals surface area contributed by atoms with E-state index in [-0.39, 0.29) is 35.8 Å². The van der Waals surface area contributed by atoms with E-state index in [1.807, 2.05) is 67.6 Å². The number of alkyl carbamates (subject to hydrolysis) is 1. The number of amides is 2. The fourth-order valence-electron chi connectivity index (χ4n) is 4.06. The summed E-state index contributed by atoms with van der Waals surface area (Å²) >= 11 is 0. The Morgan fingerprint density at radius 1 is 1.11 bits per heavy atom. The topological polar surface area (TPSA) is 67.4 Å². The lowest BCUT2D eigenvalue weighted by Gasteiger charge is -2.27. The van der Waals surface area contributed by atoms with Crippen molar-refractivity contribution in [3.05, 3.63) is 71.8 Å². The summed E-state index contributed by atoms with van der Waals surface area (Å²) < 4.78 is 5.44. The fraction of sp³-hybridized carbons (Fsp3) is 0.391. The molecular formula is C23H28N2O3. The van der Waals surface area contributed by atoms with Crippen LogP contribution in [0.2, 0.25) is 0 Å². The van der Waals surface area contributed by atoms with Crippen LogP contribution >= 0.6 is 0 Å². The van der Waals surface area contributed by atoms with Gasteiger partial charge in [0.2, 0.25) is 5.91 Å². The second-order valence-corrected chi connectivity index (χ2v) is 7.77. The van der Waals surface area contributed by atoms with Gasteiger partial charge in [-0.15, -0.1) is 0 Å². The van der Waals surface area contributed by atoms with Crippen molar-refractivity contribution < 1.29 is 14.3 Å². The number of carbonyl (C=O) groups excluding carboxylic acids is 2. The standard InChI is InChI=1S/C23H28N2O3/c1-16(21(26)24-3)19-14-23(19,2)20(18-12-8-5-9-13-18)25-22(27)28-15-17-10-6-4-7-11-17/h4-13,16,19-20H,14-15H2,1-3H3,(H,24,26)(H,25,27)/t16-,19+,20+,23-/m1/s1.